The van der Waals surface area contributed by atoms with Crippen LogP contribution in [-0.2, 0) is 11.2 Å². The zero-order chi connectivity index (χ0) is 17.6. The maximum absolute atomic E-state index is 13.7. The molecule has 2 aromatic rings. The number of rotatable bonds is 6. The second-order valence-electron chi connectivity index (χ2n) is 6.72. The van der Waals surface area contributed by atoms with Gasteiger partial charge in [0.2, 0.25) is 5.91 Å². The molecule has 1 aromatic carbocycles. The number of halogens is 1. The Morgan fingerprint density at radius 2 is 2.16 bits per heavy atom. The second kappa shape index (κ2) is 8.54. The van der Waals surface area contributed by atoms with Crippen LogP contribution in [0.2, 0.25) is 0 Å². The van der Waals surface area contributed by atoms with Crippen molar-refractivity contribution < 1.29 is 9.18 Å². The summed E-state index contributed by atoms with van der Waals surface area (Å²) in [6, 6.07) is 6.74. The van der Waals surface area contributed by atoms with E-state index in [1.54, 1.807) is 18.3 Å². The van der Waals surface area contributed by atoms with Crippen molar-refractivity contribution in [2.45, 2.75) is 32.6 Å². The molecule has 1 atom stereocenters. The van der Waals surface area contributed by atoms with Gasteiger partial charge in [-0.3, -0.25) is 4.79 Å². The van der Waals surface area contributed by atoms with Gasteiger partial charge in [0.05, 0.1) is 0 Å². The van der Waals surface area contributed by atoms with Gasteiger partial charge in [0.1, 0.15) is 5.82 Å². The summed E-state index contributed by atoms with van der Waals surface area (Å²) in [5.41, 5.74) is 0.642. The number of nitrogens with zero attached hydrogens (tertiary/aromatic N) is 1. The number of piperidine rings is 1. The standard InChI is InChI=1S/C19H24FN3OS/c1-13(14-6-8-21-9-7-14)10-18(24)23-19-22-12-16(25-19)11-15-4-2-3-5-17(15)20/h2-5,12-14,21H,6-11H2,1H3,(H,22,23,24). The van der Waals surface area contributed by atoms with Crippen LogP contribution in [0, 0.1) is 17.7 Å². The molecule has 1 aliphatic rings. The van der Waals surface area contributed by atoms with Gasteiger partial charge in [-0.25, -0.2) is 9.37 Å². The van der Waals surface area contributed by atoms with Gasteiger partial charge in [-0.05, 0) is 49.4 Å². The Kier molecular flexibility index (Phi) is 6.15. The molecule has 6 heteroatoms. The molecule has 0 spiro atoms. The summed E-state index contributed by atoms with van der Waals surface area (Å²) < 4.78 is 13.7. The van der Waals surface area contributed by atoms with E-state index in [4.69, 9.17) is 0 Å². The van der Waals surface area contributed by atoms with E-state index in [0.29, 0.717) is 35.4 Å². The van der Waals surface area contributed by atoms with Crippen molar-refractivity contribution in [1.29, 1.82) is 0 Å². The van der Waals surface area contributed by atoms with E-state index >= 15 is 0 Å². The Labute approximate surface area is 151 Å². The smallest absolute Gasteiger partial charge is 0.226 e. The minimum absolute atomic E-state index is 0.0119. The Morgan fingerprint density at radius 3 is 2.92 bits per heavy atom. The summed E-state index contributed by atoms with van der Waals surface area (Å²) in [7, 11) is 0. The van der Waals surface area contributed by atoms with Crippen molar-refractivity contribution in [3.8, 4) is 0 Å². The lowest BCUT2D eigenvalue weighted by Crippen LogP contribution is -2.32. The van der Waals surface area contributed by atoms with Gasteiger partial charge in [0.25, 0.3) is 0 Å². The molecule has 3 rings (SSSR count). The van der Waals surface area contributed by atoms with Crippen molar-refractivity contribution in [3.05, 3.63) is 46.7 Å². The molecule has 4 nitrogen and oxygen atoms in total. The van der Waals surface area contributed by atoms with E-state index in [2.05, 4.69) is 22.5 Å². The maximum Gasteiger partial charge on any atom is 0.226 e. The molecule has 1 aliphatic heterocycles. The molecule has 1 aromatic heterocycles. The molecule has 1 saturated heterocycles. The first-order chi connectivity index (χ1) is 12.1. The van der Waals surface area contributed by atoms with Crippen LogP contribution in [0.15, 0.2) is 30.5 Å². The van der Waals surface area contributed by atoms with E-state index in [0.717, 1.165) is 30.8 Å². The lowest BCUT2D eigenvalue weighted by molar-refractivity contribution is -0.117. The highest BCUT2D eigenvalue weighted by Gasteiger charge is 2.22. The van der Waals surface area contributed by atoms with Crippen molar-refractivity contribution >= 4 is 22.4 Å². The van der Waals surface area contributed by atoms with E-state index in [-0.39, 0.29) is 11.7 Å². The summed E-state index contributed by atoms with van der Waals surface area (Å²) in [5, 5.41) is 6.84. The predicted molar refractivity (Wildman–Crippen MR) is 99.3 cm³/mol. The van der Waals surface area contributed by atoms with Crippen LogP contribution in [0.5, 0.6) is 0 Å². The number of thiazole rings is 1. The number of amides is 1. The minimum atomic E-state index is -0.211. The zero-order valence-corrected chi connectivity index (χ0v) is 15.2. The molecule has 2 N–H and O–H groups in total. The molecule has 0 aliphatic carbocycles. The van der Waals surface area contributed by atoms with Gasteiger partial charge in [0, 0.05) is 23.9 Å². The molecule has 1 fully saturated rings. The van der Waals surface area contributed by atoms with Gasteiger partial charge in [-0.1, -0.05) is 25.1 Å². The average molecular weight is 361 g/mol. The molecule has 134 valence electrons. The van der Waals surface area contributed by atoms with Gasteiger partial charge in [-0.15, -0.1) is 11.3 Å². The van der Waals surface area contributed by atoms with Crippen LogP contribution in [0.3, 0.4) is 0 Å². The quantitative estimate of drug-likeness (QED) is 0.822. The molecule has 0 saturated carbocycles. The summed E-state index contributed by atoms with van der Waals surface area (Å²) in [4.78, 5) is 17.5. The van der Waals surface area contributed by atoms with Crippen molar-refractivity contribution in [3.63, 3.8) is 0 Å². The normalized spacial score (nSPS) is 16.6. The topological polar surface area (TPSA) is 54.0 Å². The van der Waals surface area contributed by atoms with Gasteiger partial charge >= 0.3 is 0 Å². The third kappa shape index (κ3) is 5.09. The predicted octanol–water partition coefficient (Wildman–Crippen LogP) is 3.84. The lowest BCUT2D eigenvalue weighted by atomic mass is 9.84. The average Bonchev–Trinajstić information content (AvgIpc) is 3.04. The Balaban J connectivity index is 1.52. The third-order valence-corrected chi connectivity index (χ3v) is 5.73. The first-order valence-electron chi connectivity index (χ1n) is 8.80. The highest BCUT2D eigenvalue weighted by Crippen LogP contribution is 2.26. The molecule has 0 radical (unpaired) electrons. The maximum atomic E-state index is 13.7. The first-order valence-corrected chi connectivity index (χ1v) is 9.62. The largest absolute Gasteiger partial charge is 0.317 e. The molecule has 1 unspecified atom stereocenters. The highest BCUT2D eigenvalue weighted by molar-refractivity contribution is 7.15. The number of benzene rings is 1. The zero-order valence-electron chi connectivity index (χ0n) is 14.4. The summed E-state index contributed by atoms with van der Waals surface area (Å²) in [6.07, 6.45) is 5.00. The van der Waals surface area contributed by atoms with E-state index in [9.17, 15) is 9.18 Å². The summed E-state index contributed by atoms with van der Waals surface area (Å²) in [6.45, 7) is 4.24. The molecule has 25 heavy (non-hydrogen) atoms. The number of carbonyl (C=O) groups is 1. The summed E-state index contributed by atoms with van der Waals surface area (Å²) in [5.74, 6) is 0.787. The van der Waals surface area contributed by atoms with Gasteiger partial charge < -0.3 is 10.6 Å². The molecule has 2 heterocycles. The van der Waals surface area contributed by atoms with Crippen molar-refractivity contribution in [1.82, 2.24) is 10.3 Å². The van der Waals surface area contributed by atoms with Crippen LogP contribution >= 0.6 is 11.3 Å². The first kappa shape index (κ1) is 18.0. The van der Waals surface area contributed by atoms with Crippen LogP contribution in [-0.4, -0.2) is 24.0 Å². The fourth-order valence-corrected chi connectivity index (χ4v) is 4.17. The third-order valence-electron chi connectivity index (χ3n) is 4.82. The minimum Gasteiger partial charge on any atom is -0.317 e. The van der Waals surface area contributed by atoms with Crippen LogP contribution in [0.25, 0.3) is 0 Å². The van der Waals surface area contributed by atoms with Gasteiger partial charge in [0.15, 0.2) is 5.13 Å². The number of nitrogens with one attached hydrogen (secondary N) is 2. The van der Waals surface area contributed by atoms with Gasteiger partial charge in [-0.2, -0.15) is 0 Å². The second-order valence-corrected chi connectivity index (χ2v) is 7.83. The molecule has 1 amide bonds. The fourth-order valence-electron chi connectivity index (χ4n) is 3.32. The Hall–Kier alpha value is -1.79. The lowest BCUT2D eigenvalue weighted by Gasteiger charge is -2.27. The number of hydrogen-bond donors (Lipinski definition) is 2. The number of carbonyl (C=O) groups excluding carboxylic acids is 1. The van der Waals surface area contributed by atoms with E-state index < -0.39 is 0 Å². The monoisotopic (exact) mass is 361 g/mol. The summed E-state index contributed by atoms with van der Waals surface area (Å²) >= 11 is 1.41. The van der Waals surface area contributed by atoms with Crippen molar-refractivity contribution in [2.75, 3.05) is 18.4 Å². The SMILES string of the molecule is CC(CC(=O)Nc1ncc(Cc2ccccc2F)s1)C1CCNCC1. The molecular formula is C19H24FN3OS. The van der Waals surface area contributed by atoms with Crippen LogP contribution in [0.1, 0.15) is 36.6 Å². The van der Waals surface area contributed by atoms with E-state index in [1.807, 2.05) is 6.07 Å². The highest BCUT2D eigenvalue weighted by atomic mass is 32.1. The molecular weight excluding hydrogens is 337 g/mol. The van der Waals surface area contributed by atoms with Crippen LogP contribution < -0.4 is 10.6 Å². The number of aromatic nitrogens is 1. The number of hydrogen-bond acceptors (Lipinski definition) is 4. The molecule has 0 bridgehead atoms. The van der Waals surface area contributed by atoms with Crippen LogP contribution in [0.4, 0.5) is 9.52 Å². The van der Waals surface area contributed by atoms with Crippen molar-refractivity contribution in [2.24, 2.45) is 11.8 Å². The Morgan fingerprint density at radius 1 is 1.40 bits per heavy atom. The fraction of sp³-hybridized carbons (Fsp3) is 0.474. The number of anilines is 1. The Bertz CT molecular complexity index is 712. The van der Waals surface area contributed by atoms with E-state index in [1.165, 1.54) is 17.4 Å².